The van der Waals surface area contributed by atoms with Crippen molar-refractivity contribution in [3.63, 3.8) is 0 Å². The van der Waals surface area contributed by atoms with E-state index in [1.165, 1.54) is 16.4 Å². The Morgan fingerprint density at radius 3 is 2.33 bits per heavy atom. The number of hydrogen-bond donors (Lipinski definition) is 4. The van der Waals surface area contributed by atoms with Gasteiger partial charge in [-0.3, -0.25) is 0 Å². The van der Waals surface area contributed by atoms with Crippen LogP contribution in [-0.4, -0.2) is 100 Å². The van der Waals surface area contributed by atoms with Crippen molar-refractivity contribution in [2.24, 2.45) is 5.73 Å². The minimum Gasteiger partial charge on any atom is -0.496 e. The maximum absolute atomic E-state index is 13.8. The van der Waals surface area contributed by atoms with Crippen LogP contribution in [0, 0.1) is 0 Å². The zero-order valence-electron chi connectivity index (χ0n) is 28.8. The quantitative estimate of drug-likeness (QED) is 0.191. The summed E-state index contributed by atoms with van der Waals surface area (Å²) in [4.78, 5) is 0.310. The largest absolute Gasteiger partial charge is 0.496 e. The van der Waals surface area contributed by atoms with Crippen molar-refractivity contribution in [1.82, 2.24) is 9.62 Å². The van der Waals surface area contributed by atoms with Gasteiger partial charge < -0.3 is 35.5 Å². The van der Waals surface area contributed by atoms with E-state index in [0.717, 1.165) is 24.0 Å². The van der Waals surface area contributed by atoms with E-state index in [1.807, 2.05) is 24.3 Å². The molecule has 4 fully saturated rings. The molecule has 2 aliphatic carbocycles. The first-order valence-corrected chi connectivity index (χ1v) is 20.5. The van der Waals surface area contributed by atoms with Crippen LogP contribution < -0.4 is 20.5 Å². The molecule has 12 nitrogen and oxygen atoms in total. The Labute approximate surface area is 299 Å². The van der Waals surface area contributed by atoms with Gasteiger partial charge in [0.2, 0.25) is 10.0 Å². The fourth-order valence-electron chi connectivity index (χ4n) is 7.27. The topological polar surface area (TPSA) is 178 Å². The number of sulfonamides is 1. The highest BCUT2D eigenvalue weighted by atomic mass is 32.2. The molecule has 5 N–H and O–H groups in total. The molecule has 0 aromatic heterocycles. The summed E-state index contributed by atoms with van der Waals surface area (Å²) in [5.41, 5.74) is 8.29. The number of nitrogens with zero attached hydrogens (tertiary/aromatic N) is 1. The lowest BCUT2D eigenvalue weighted by molar-refractivity contribution is -0.0312. The highest BCUT2D eigenvalue weighted by Gasteiger charge is 2.54. The second kappa shape index (κ2) is 13.7. The zero-order chi connectivity index (χ0) is 36.1. The van der Waals surface area contributed by atoms with E-state index >= 15 is 0 Å². The van der Waals surface area contributed by atoms with Gasteiger partial charge in [0.15, 0.2) is 9.84 Å². The molecule has 14 heteroatoms. The summed E-state index contributed by atoms with van der Waals surface area (Å²) in [6.07, 6.45) is 3.73. The smallest absolute Gasteiger partial charge is 0.243 e. The molecule has 2 saturated heterocycles. The standard InChI is InChI=1S/C37H47N3O9S2/c1-47-34-10-9-32(20-33(34)26-5-7-27(8-6-26)37(38)13-14-37)51(45,46)40-17-15-35(16-18-40)21-28(23-49-35)39-22-29(42)24-48-30-3-2-4-31(19-30)50(43,44)36(25-41)11-12-36/h2-10,19-20,28-29,39,41-42H,11-18,21-25,38H2,1H3/t28-,29?/m0/s1. The minimum absolute atomic E-state index is 0.0194. The van der Waals surface area contributed by atoms with Crippen LogP contribution in [0.25, 0.3) is 11.1 Å². The molecule has 7 rings (SSSR count). The monoisotopic (exact) mass is 741 g/mol. The first kappa shape index (κ1) is 36.3. The van der Waals surface area contributed by atoms with Gasteiger partial charge in [-0.15, -0.1) is 0 Å². The van der Waals surface area contributed by atoms with E-state index in [2.05, 4.69) is 5.32 Å². The van der Waals surface area contributed by atoms with Gasteiger partial charge in [-0.2, -0.15) is 4.31 Å². The Morgan fingerprint density at radius 1 is 0.961 bits per heavy atom. The Bertz CT molecular complexity index is 1950. The number of sulfone groups is 1. The first-order chi connectivity index (χ1) is 24.3. The van der Waals surface area contributed by atoms with Crippen LogP contribution in [0.5, 0.6) is 11.5 Å². The van der Waals surface area contributed by atoms with Gasteiger partial charge in [0.25, 0.3) is 0 Å². The van der Waals surface area contributed by atoms with Crippen molar-refractivity contribution in [3.8, 4) is 22.6 Å². The third-order valence-electron chi connectivity index (χ3n) is 11.1. The summed E-state index contributed by atoms with van der Waals surface area (Å²) in [6.45, 7) is 0.888. The molecule has 0 bridgehead atoms. The molecule has 1 spiro atoms. The summed E-state index contributed by atoms with van der Waals surface area (Å²) in [7, 11) is -5.88. The van der Waals surface area contributed by atoms with Crippen molar-refractivity contribution >= 4 is 19.9 Å². The van der Waals surface area contributed by atoms with Gasteiger partial charge in [-0.25, -0.2) is 16.8 Å². The summed E-state index contributed by atoms with van der Waals surface area (Å²) in [6, 6.07) is 19.0. The molecule has 276 valence electrons. The summed E-state index contributed by atoms with van der Waals surface area (Å²) in [5, 5.41) is 23.6. The molecule has 51 heavy (non-hydrogen) atoms. The van der Waals surface area contributed by atoms with Gasteiger partial charge in [-0.05, 0) is 92.5 Å². The summed E-state index contributed by atoms with van der Waals surface area (Å²) in [5.74, 6) is 0.917. The number of rotatable bonds is 14. The van der Waals surface area contributed by atoms with Gasteiger partial charge >= 0.3 is 0 Å². The fourth-order valence-corrected chi connectivity index (χ4v) is 10.6. The third-order valence-corrected chi connectivity index (χ3v) is 15.5. The maximum Gasteiger partial charge on any atom is 0.243 e. The van der Waals surface area contributed by atoms with Crippen LogP contribution in [0.1, 0.15) is 50.5 Å². The number of piperidine rings is 1. The Morgan fingerprint density at radius 2 is 1.69 bits per heavy atom. The molecule has 0 amide bonds. The SMILES string of the molecule is COc1ccc(S(=O)(=O)N2CCC3(CC2)C[C@H](NCC(O)COc2cccc(S(=O)(=O)C4(CO)CC4)c2)CO3)cc1-c1ccc(C2(N)CC2)cc1. The zero-order valence-corrected chi connectivity index (χ0v) is 30.4. The number of nitrogens with two attached hydrogens (primary N) is 1. The molecular weight excluding hydrogens is 695 g/mol. The minimum atomic E-state index is -3.77. The fraction of sp³-hybridized carbons (Fsp3) is 0.514. The second-order valence-electron chi connectivity index (χ2n) is 14.6. The summed E-state index contributed by atoms with van der Waals surface area (Å²) >= 11 is 0. The second-order valence-corrected chi connectivity index (χ2v) is 18.9. The molecule has 0 radical (unpaired) electrons. The van der Waals surface area contributed by atoms with Crippen LogP contribution in [0.4, 0.5) is 0 Å². The van der Waals surface area contributed by atoms with E-state index in [-0.39, 0.29) is 34.5 Å². The number of hydrogen-bond acceptors (Lipinski definition) is 11. The molecule has 3 aromatic rings. The number of benzene rings is 3. The number of methoxy groups -OCH3 is 1. The lowest BCUT2D eigenvalue weighted by Gasteiger charge is -2.38. The maximum atomic E-state index is 13.8. The molecular formula is C37H47N3O9S2. The Balaban J connectivity index is 0.906. The van der Waals surface area contributed by atoms with Crippen LogP contribution in [0.15, 0.2) is 76.5 Å². The van der Waals surface area contributed by atoms with Crippen molar-refractivity contribution in [2.45, 2.75) is 82.8 Å². The Kier molecular flexibility index (Phi) is 9.76. The van der Waals surface area contributed by atoms with E-state index in [0.29, 0.717) is 68.9 Å². The van der Waals surface area contributed by atoms with Crippen LogP contribution >= 0.6 is 0 Å². The number of aliphatic hydroxyl groups excluding tert-OH is 2. The highest BCUT2D eigenvalue weighted by molar-refractivity contribution is 7.93. The normalized spacial score (nSPS) is 22.8. The molecule has 3 aromatic carbocycles. The number of nitrogens with one attached hydrogen (secondary N) is 1. The van der Waals surface area contributed by atoms with Crippen LogP contribution in [0.2, 0.25) is 0 Å². The molecule has 2 atom stereocenters. The average molecular weight is 742 g/mol. The van der Waals surface area contributed by atoms with Gasteiger partial charge in [0.1, 0.15) is 24.2 Å². The van der Waals surface area contributed by atoms with Crippen molar-refractivity contribution in [2.75, 3.05) is 46.6 Å². The van der Waals surface area contributed by atoms with Gasteiger partial charge in [-0.1, -0.05) is 30.3 Å². The average Bonchev–Trinajstić information content (AvgIpc) is 4.08. The third kappa shape index (κ3) is 7.17. The molecule has 2 saturated carbocycles. The molecule has 2 heterocycles. The van der Waals surface area contributed by atoms with E-state index < -0.39 is 42.9 Å². The number of aliphatic hydroxyl groups is 2. The van der Waals surface area contributed by atoms with Crippen molar-refractivity contribution < 1.29 is 41.3 Å². The lowest BCUT2D eigenvalue weighted by atomic mass is 9.88. The lowest BCUT2D eigenvalue weighted by Crippen LogP contribution is -2.47. The number of ether oxygens (including phenoxy) is 3. The van der Waals surface area contributed by atoms with E-state index in [9.17, 15) is 27.0 Å². The van der Waals surface area contributed by atoms with E-state index in [4.69, 9.17) is 19.9 Å². The van der Waals surface area contributed by atoms with Crippen molar-refractivity contribution in [3.05, 3.63) is 72.3 Å². The van der Waals surface area contributed by atoms with Crippen molar-refractivity contribution in [1.29, 1.82) is 0 Å². The molecule has 2 aliphatic heterocycles. The van der Waals surface area contributed by atoms with Crippen LogP contribution in [0.3, 0.4) is 0 Å². The van der Waals surface area contributed by atoms with Gasteiger partial charge in [0, 0.05) is 36.8 Å². The van der Waals surface area contributed by atoms with E-state index in [1.54, 1.807) is 37.4 Å². The van der Waals surface area contributed by atoms with Gasteiger partial charge in [0.05, 0.1) is 40.5 Å². The van der Waals surface area contributed by atoms with Crippen LogP contribution in [-0.2, 0) is 30.1 Å². The first-order valence-electron chi connectivity index (χ1n) is 17.5. The predicted octanol–water partition coefficient (Wildman–Crippen LogP) is 2.95. The molecule has 4 aliphatic rings. The predicted molar refractivity (Wildman–Crippen MR) is 191 cm³/mol. The molecule has 1 unspecified atom stereocenters. The summed E-state index contributed by atoms with van der Waals surface area (Å²) < 4.78 is 71.5. The highest BCUT2D eigenvalue weighted by Crippen LogP contribution is 2.47. The Hall–Kier alpha value is -3.08.